The molecule has 0 aromatic heterocycles. The molecular weight excluding hydrogens is 134 g/mol. The maximum atomic E-state index is 4.15. The fourth-order valence-corrected chi connectivity index (χ4v) is 1.02. The first-order valence-electron chi connectivity index (χ1n) is 3.82. The maximum Gasteiger partial charge on any atom is 0.0388 e. The third kappa shape index (κ3) is 2.19. The first-order chi connectivity index (χ1) is 5.36. The third-order valence-corrected chi connectivity index (χ3v) is 1.75. The molecule has 0 aromatic carbocycles. The SMILES string of the molecule is C/C=C1/C=CC=CC(=NC)C1. The van der Waals surface area contributed by atoms with E-state index in [1.165, 1.54) is 5.57 Å². The van der Waals surface area contributed by atoms with Gasteiger partial charge in [0.25, 0.3) is 0 Å². The van der Waals surface area contributed by atoms with Crippen molar-refractivity contribution in [1.29, 1.82) is 0 Å². The second kappa shape index (κ2) is 3.91. The summed E-state index contributed by atoms with van der Waals surface area (Å²) in [6.07, 6.45) is 11.3. The van der Waals surface area contributed by atoms with E-state index in [0.717, 1.165) is 12.1 Å². The van der Waals surface area contributed by atoms with Gasteiger partial charge in [0, 0.05) is 19.2 Å². The molecule has 1 nitrogen and oxygen atoms in total. The Kier molecular flexibility index (Phi) is 2.84. The van der Waals surface area contributed by atoms with Crippen LogP contribution >= 0.6 is 0 Å². The maximum absolute atomic E-state index is 4.15. The minimum atomic E-state index is 0.958. The number of rotatable bonds is 0. The number of nitrogens with zero attached hydrogens (tertiary/aromatic N) is 1. The Morgan fingerprint density at radius 1 is 1.36 bits per heavy atom. The van der Waals surface area contributed by atoms with Gasteiger partial charge in [0.15, 0.2) is 0 Å². The van der Waals surface area contributed by atoms with E-state index < -0.39 is 0 Å². The minimum Gasteiger partial charge on any atom is -0.293 e. The standard InChI is InChI=1S/C10H13N/c1-3-9-6-4-5-7-10(8-9)11-2/h3-7H,8H2,1-2H3/b9-3-,11-10?. The third-order valence-electron chi connectivity index (χ3n) is 1.75. The quantitative estimate of drug-likeness (QED) is 0.499. The molecule has 1 aliphatic carbocycles. The summed E-state index contributed by atoms with van der Waals surface area (Å²) in [5.74, 6) is 0. The van der Waals surface area contributed by atoms with Crippen LogP contribution in [0.2, 0.25) is 0 Å². The highest BCUT2D eigenvalue weighted by atomic mass is 14.7. The summed E-state index contributed by atoms with van der Waals surface area (Å²) >= 11 is 0. The number of allylic oxidation sites excluding steroid dienone is 6. The fraction of sp³-hybridized carbons (Fsp3) is 0.300. The van der Waals surface area contributed by atoms with Gasteiger partial charge in [-0.05, 0) is 18.6 Å². The fourth-order valence-electron chi connectivity index (χ4n) is 1.02. The van der Waals surface area contributed by atoms with Crippen LogP contribution in [0.1, 0.15) is 13.3 Å². The normalized spacial score (nSPS) is 24.5. The van der Waals surface area contributed by atoms with E-state index in [2.05, 4.69) is 24.1 Å². The van der Waals surface area contributed by atoms with Gasteiger partial charge in [-0.25, -0.2) is 0 Å². The largest absolute Gasteiger partial charge is 0.293 e. The highest BCUT2D eigenvalue weighted by Crippen LogP contribution is 2.09. The Bertz CT molecular complexity index is 216. The van der Waals surface area contributed by atoms with E-state index in [9.17, 15) is 0 Å². The van der Waals surface area contributed by atoms with Gasteiger partial charge in [0.1, 0.15) is 0 Å². The van der Waals surface area contributed by atoms with Crippen LogP contribution in [-0.4, -0.2) is 12.8 Å². The van der Waals surface area contributed by atoms with E-state index in [1.807, 2.05) is 25.3 Å². The Labute approximate surface area is 67.8 Å². The lowest BCUT2D eigenvalue weighted by Crippen LogP contribution is -1.92. The molecule has 0 fully saturated rings. The molecule has 0 saturated carbocycles. The minimum absolute atomic E-state index is 0.958. The zero-order valence-corrected chi connectivity index (χ0v) is 7.04. The average molecular weight is 147 g/mol. The van der Waals surface area contributed by atoms with Crippen molar-refractivity contribution in [3.05, 3.63) is 36.0 Å². The lowest BCUT2D eigenvalue weighted by molar-refractivity contribution is 1.30. The monoisotopic (exact) mass is 147 g/mol. The van der Waals surface area contributed by atoms with E-state index in [1.54, 1.807) is 0 Å². The summed E-state index contributed by atoms with van der Waals surface area (Å²) in [5, 5.41) is 0. The Balaban J connectivity index is 2.82. The lowest BCUT2D eigenvalue weighted by Gasteiger charge is -1.97. The molecule has 0 spiro atoms. The van der Waals surface area contributed by atoms with Crippen molar-refractivity contribution in [3.63, 3.8) is 0 Å². The van der Waals surface area contributed by atoms with Crippen molar-refractivity contribution in [2.24, 2.45) is 4.99 Å². The van der Waals surface area contributed by atoms with Gasteiger partial charge in [-0.15, -0.1) is 0 Å². The molecule has 0 unspecified atom stereocenters. The van der Waals surface area contributed by atoms with Crippen molar-refractivity contribution >= 4 is 5.71 Å². The zero-order valence-electron chi connectivity index (χ0n) is 7.04. The molecule has 0 aliphatic heterocycles. The molecule has 0 aromatic rings. The lowest BCUT2D eigenvalue weighted by atomic mass is 10.1. The van der Waals surface area contributed by atoms with Crippen molar-refractivity contribution in [3.8, 4) is 0 Å². The van der Waals surface area contributed by atoms with Crippen molar-refractivity contribution in [2.45, 2.75) is 13.3 Å². The average Bonchev–Trinajstić information content (AvgIpc) is 2.28. The van der Waals surface area contributed by atoms with Crippen LogP contribution in [-0.2, 0) is 0 Å². The summed E-state index contributed by atoms with van der Waals surface area (Å²) in [5.41, 5.74) is 2.47. The predicted octanol–water partition coefficient (Wildman–Crippen LogP) is 2.52. The van der Waals surface area contributed by atoms with Crippen LogP contribution in [0.3, 0.4) is 0 Å². The van der Waals surface area contributed by atoms with E-state index in [4.69, 9.17) is 0 Å². The zero-order chi connectivity index (χ0) is 8.10. The van der Waals surface area contributed by atoms with Crippen LogP contribution in [0.25, 0.3) is 0 Å². The first kappa shape index (κ1) is 7.99. The van der Waals surface area contributed by atoms with Crippen molar-refractivity contribution in [2.75, 3.05) is 7.05 Å². The van der Waals surface area contributed by atoms with Crippen LogP contribution in [0.15, 0.2) is 40.9 Å². The van der Waals surface area contributed by atoms with E-state index >= 15 is 0 Å². The molecule has 0 amide bonds. The predicted molar refractivity (Wildman–Crippen MR) is 50.0 cm³/mol. The smallest absolute Gasteiger partial charge is 0.0388 e. The summed E-state index contributed by atoms with van der Waals surface area (Å²) in [4.78, 5) is 4.15. The molecule has 0 heterocycles. The van der Waals surface area contributed by atoms with Crippen LogP contribution < -0.4 is 0 Å². The Morgan fingerprint density at radius 2 is 2.09 bits per heavy atom. The molecular formula is C10H13N. The highest BCUT2D eigenvalue weighted by molar-refractivity contribution is 5.97. The summed E-state index contributed by atoms with van der Waals surface area (Å²) in [6, 6.07) is 0. The molecule has 0 radical (unpaired) electrons. The summed E-state index contributed by atoms with van der Waals surface area (Å²) < 4.78 is 0. The Hall–Kier alpha value is -1.11. The molecule has 0 atom stereocenters. The van der Waals surface area contributed by atoms with Gasteiger partial charge in [-0.1, -0.05) is 24.3 Å². The van der Waals surface area contributed by atoms with Gasteiger partial charge < -0.3 is 0 Å². The molecule has 1 heteroatoms. The molecule has 1 rings (SSSR count). The van der Waals surface area contributed by atoms with E-state index in [-0.39, 0.29) is 0 Å². The van der Waals surface area contributed by atoms with Gasteiger partial charge in [-0.2, -0.15) is 0 Å². The van der Waals surface area contributed by atoms with Gasteiger partial charge >= 0.3 is 0 Å². The summed E-state index contributed by atoms with van der Waals surface area (Å²) in [7, 11) is 1.83. The molecule has 0 N–H and O–H groups in total. The Morgan fingerprint density at radius 3 is 2.73 bits per heavy atom. The highest BCUT2D eigenvalue weighted by Gasteiger charge is 1.98. The van der Waals surface area contributed by atoms with Gasteiger partial charge in [0.05, 0.1) is 0 Å². The summed E-state index contributed by atoms with van der Waals surface area (Å²) in [6.45, 7) is 2.05. The van der Waals surface area contributed by atoms with Crippen LogP contribution in [0.5, 0.6) is 0 Å². The van der Waals surface area contributed by atoms with Gasteiger partial charge in [-0.3, -0.25) is 4.99 Å². The number of hydrogen-bond acceptors (Lipinski definition) is 1. The molecule has 1 aliphatic rings. The second-order valence-electron chi connectivity index (χ2n) is 2.47. The van der Waals surface area contributed by atoms with Crippen LogP contribution in [0, 0.1) is 0 Å². The number of hydrogen-bond donors (Lipinski definition) is 0. The van der Waals surface area contributed by atoms with Gasteiger partial charge in [0.2, 0.25) is 0 Å². The first-order valence-corrected chi connectivity index (χ1v) is 3.82. The molecule has 0 saturated heterocycles. The van der Waals surface area contributed by atoms with E-state index in [0.29, 0.717) is 0 Å². The molecule has 58 valence electrons. The molecule has 11 heavy (non-hydrogen) atoms. The number of aliphatic imine (C=N–C) groups is 1. The molecule has 0 bridgehead atoms. The van der Waals surface area contributed by atoms with Crippen molar-refractivity contribution in [1.82, 2.24) is 0 Å². The topological polar surface area (TPSA) is 12.4 Å². The van der Waals surface area contributed by atoms with Crippen LogP contribution in [0.4, 0.5) is 0 Å². The second-order valence-corrected chi connectivity index (χ2v) is 2.47. The van der Waals surface area contributed by atoms with Crippen molar-refractivity contribution < 1.29 is 0 Å².